The zero-order valence-corrected chi connectivity index (χ0v) is 21.1. The highest BCUT2D eigenvalue weighted by Gasteiger charge is 2.42. The summed E-state index contributed by atoms with van der Waals surface area (Å²) in [4.78, 5) is 52.9. The number of morpholine rings is 1. The van der Waals surface area contributed by atoms with Crippen LogP contribution in [-0.2, 0) is 25.5 Å². The van der Waals surface area contributed by atoms with E-state index in [1.54, 1.807) is 48.4 Å². The number of amides is 3. The van der Waals surface area contributed by atoms with Crippen molar-refractivity contribution in [2.75, 3.05) is 38.3 Å². The number of hydrogen-bond acceptors (Lipinski definition) is 8. The van der Waals surface area contributed by atoms with Crippen LogP contribution in [0, 0.1) is 0 Å². The zero-order valence-electron chi connectivity index (χ0n) is 21.1. The van der Waals surface area contributed by atoms with Crippen LogP contribution in [-0.4, -0.2) is 77.2 Å². The number of fused-ring (bicyclic) bond motifs is 1. The molecule has 3 amide bonds. The lowest BCUT2D eigenvalue weighted by atomic mass is 9.94. The van der Waals surface area contributed by atoms with Gasteiger partial charge >= 0.3 is 0 Å². The number of carbonyl (C=O) groups is 3. The maximum Gasteiger partial charge on any atom is 0.261 e. The van der Waals surface area contributed by atoms with Gasteiger partial charge in [-0.2, -0.15) is 0 Å². The molecule has 3 aromatic rings. The van der Waals surface area contributed by atoms with Crippen LogP contribution in [0.1, 0.15) is 16.8 Å². The number of aromatic nitrogens is 2. The molecule has 11 nitrogen and oxygen atoms in total. The highest BCUT2D eigenvalue weighted by atomic mass is 16.5. The van der Waals surface area contributed by atoms with Crippen LogP contribution in [0.25, 0.3) is 11.2 Å². The van der Waals surface area contributed by atoms with Crippen molar-refractivity contribution in [1.29, 1.82) is 0 Å². The predicted molar refractivity (Wildman–Crippen MR) is 141 cm³/mol. The highest BCUT2D eigenvalue weighted by Crippen LogP contribution is 2.40. The van der Waals surface area contributed by atoms with Crippen molar-refractivity contribution in [3.8, 4) is 5.75 Å². The molecule has 1 N–H and O–H groups in total. The fourth-order valence-electron chi connectivity index (χ4n) is 5.80. The Labute approximate surface area is 223 Å². The van der Waals surface area contributed by atoms with Gasteiger partial charge in [-0.3, -0.25) is 29.1 Å². The van der Waals surface area contributed by atoms with Crippen LogP contribution in [0.4, 0.5) is 5.69 Å². The van der Waals surface area contributed by atoms with Gasteiger partial charge in [0.15, 0.2) is 11.4 Å². The molecule has 1 atom stereocenters. The summed E-state index contributed by atoms with van der Waals surface area (Å²) in [7, 11) is 1.55. The Hall–Kier alpha value is -4.77. The fraction of sp³-hybridized carbons (Fsp3) is 0.250. The Balaban J connectivity index is 1.35. The minimum atomic E-state index is -0.537. The Kier molecular flexibility index (Phi) is 5.34. The number of anilines is 1. The van der Waals surface area contributed by atoms with Gasteiger partial charge in [0.05, 0.1) is 54.8 Å². The lowest BCUT2D eigenvalue weighted by Crippen LogP contribution is -2.49. The summed E-state index contributed by atoms with van der Waals surface area (Å²) in [6.45, 7) is 2.16. The number of imidazole rings is 1. The molecule has 1 fully saturated rings. The van der Waals surface area contributed by atoms with Gasteiger partial charge in [0.2, 0.25) is 5.91 Å². The molecule has 7 rings (SSSR count). The number of carbonyl (C=O) groups excluding carboxylic acids is 3. The van der Waals surface area contributed by atoms with Crippen LogP contribution >= 0.6 is 0 Å². The van der Waals surface area contributed by atoms with Gasteiger partial charge in [-0.05, 0) is 17.7 Å². The van der Waals surface area contributed by atoms with E-state index in [0.29, 0.717) is 61.1 Å². The second kappa shape index (κ2) is 8.91. The number of rotatable bonds is 4. The maximum absolute atomic E-state index is 13.5. The van der Waals surface area contributed by atoms with Gasteiger partial charge < -0.3 is 19.3 Å². The van der Waals surface area contributed by atoms with Crippen LogP contribution in [0.5, 0.6) is 5.75 Å². The largest absolute Gasteiger partial charge is 0.493 e. The Morgan fingerprint density at radius 1 is 1.10 bits per heavy atom. The molecule has 39 heavy (non-hydrogen) atoms. The molecule has 4 aliphatic rings. The topological polar surface area (TPSA) is 118 Å². The SMILES string of the molecule is COc1cccn2c(C3=C(C4=NC=CN5c6c(cccc64)CC5C(=O)N4CCOCC4)C(=O)NC3=O)cnc12. The summed E-state index contributed by atoms with van der Waals surface area (Å²) in [6.07, 6.45) is 7.21. The molecule has 4 aliphatic heterocycles. The molecule has 0 bridgehead atoms. The van der Waals surface area contributed by atoms with Crippen molar-refractivity contribution < 1.29 is 23.9 Å². The van der Waals surface area contributed by atoms with Crippen LogP contribution in [0.2, 0.25) is 0 Å². The first kappa shape index (κ1) is 23.4. The van der Waals surface area contributed by atoms with Crippen molar-refractivity contribution in [3.63, 3.8) is 0 Å². The molecular formula is C28H24N6O5. The fourth-order valence-corrected chi connectivity index (χ4v) is 5.80. The highest BCUT2D eigenvalue weighted by molar-refractivity contribution is 6.47. The van der Waals surface area contributed by atoms with Gasteiger partial charge in [-0.1, -0.05) is 18.2 Å². The minimum absolute atomic E-state index is 0.0296. The van der Waals surface area contributed by atoms with Crippen molar-refractivity contribution in [2.45, 2.75) is 12.5 Å². The number of nitrogens with zero attached hydrogens (tertiary/aromatic N) is 5. The van der Waals surface area contributed by atoms with Gasteiger partial charge in [0.25, 0.3) is 11.8 Å². The number of ether oxygens (including phenoxy) is 2. The predicted octanol–water partition coefficient (Wildman–Crippen LogP) is 1.32. The van der Waals surface area contributed by atoms with Gasteiger partial charge in [-0.25, -0.2) is 4.98 Å². The molecule has 1 unspecified atom stereocenters. The summed E-state index contributed by atoms with van der Waals surface area (Å²) in [6, 6.07) is 8.88. The Bertz CT molecular complexity index is 1660. The molecule has 0 radical (unpaired) electrons. The van der Waals surface area contributed by atoms with Crippen LogP contribution in [0.15, 0.2) is 65.7 Å². The summed E-state index contributed by atoms with van der Waals surface area (Å²) >= 11 is 0. The molecule has 196 valence electrons. The average Bonchev–Trinajstić information content (AvgIpc) is 3.59. The van der Waals surface area contributed by atoms with Gasteiger partial charge in [0.1, 0.15) is 6.04 Å². The number of pyridine rings is 1. The molecule has 0 spiro atoms. The van der Waals surface area contributed by atoms with E-state index >= 15 is 0 Å². The van der Waals surface area contributed by atoms with Crippen LogP contribution < -0.4 is 15.0 Å². The first-order valence-corrected chi connectivity index (χ1v) is 12.7. The van der Waals surface area contributed by atoms with Crippen molar-refractivity contribution in [1.82, 2.24) is 19.6 Å². The third kappa shape index (κ3) is 3.50. The number of hydrogen-bond donors (Lipinski definition) is 1. The van der Waals surface area contributed by atoms with E-state index in [2.05, 4.69) is 15.3 Å². The third-order valence-corrected chi connectivity index (χ3v) is 7.56. The van der Waals surface area contributed by atoms with Crippen LogP contribution in [0.3, 0.4) is 0 Å². The average molecular weight is 525 g/mol. The molecule has 1 saturated heterocycles. The van der Waals surface area contributed by atoms with E-state index in [1.165, 1.54) is 0 Å². The van der Waals surface area contributed by atoms with E-state index in [4.69, 9.17) is 9.47 Å². The molecular weight excluding hydrogens is 500 g/mol. The molecule has 6 heterocycles. The maximum atomic E-state index is 13.5. The monoisotopic (exact) mass is 524 g/mol. The van der Waals surface area contributed by atoms with E-state index in [1.807, 2.05) is 28.0 Å². The van der Waals surface area contributed by atoms with Gasteiger partial charge in [-0.15, -0.1) is 0 Å². The quantitative estimate of drug-likeness (QED) is 0.512. The summed E-state index contributed by atoms with van der Waals surface area (Å²) in [5.41, 5.74) is 4.14. The number of benzene rings is 1. The first-order valence-electron chi connectivity index (χ1n) is 12.7. The molecule has 0 aliphatic carbocycles. The van der Waals surface area contributed by atoms with E-state index in [0.717, 1.165) is 11.3 Å². The number of imide groups is 1. The van der Waals surface area contributed by atoms with E-state index in [-0.39, 0.29) is 17.1 Å². The number of nitrogens with one attached hydrogen (secondary N) is 1. The lowest BCUT2D eigenvalue weighted by Gasteiger charge is -2.32. The second-order valence-electron chi connectivity index (χ2n) is 9.60. The second-order valence-corrected chi connectivity index (χ2v) is 9.60. The lowest BCUT2D eigenvalue weighted by molar-refractivity contribution is -0.136. The third-order valence-electron chi connectivity index (χ3n) is 7.56. The summed E-state index contributed by atoms with van der Waals surface area (Å²) in [5.74, 6) is -0.495. The number of methoxy groups -OCH3 is 1. The normalized spacial score (nSPS) is 20.3. The number of para-hydroxylation sites is 1. The standard InChI is InChI=1S/C28H24N6O5/c1-38-20-6-3-8-34-19(15-30-25(20)34)21-22(27(36)31-26(21)35)23-17-5-2-4-16-14-18(33(24(16)17)9-7-29-23)28(37)32-10-12-39-13-11-32/h2-9,15,18H,10-14H2,1H3,(H,31,35,36). The molecule has 0 saturated carbocycles. The molecule has 1 aromatic carbocycles. The first-order chi connectivity index (χ1) is 19.1. The smallest absolute Gasteiger partial charge is 0.261 e. The van der Waals surface area contributed by atoms with Crippen molar-refractivity contribution in [3.05, 3.63) is 77.5 Å². The molecule has 11 heteroatoms. The zero-order chi connectivity index (χ0) is 26.7. The number of aliphatic imine (C=N–C) groups is 1. The minimum Gasteiger partial charge on any atom is -0.493 e. The van der Waals surface area contributed by atoms with E-state index < -0.39 is 17.9 Å². The van der Waals surface area contributed by atoms with Crippen molar-refractivity contribution >= 4 is 40.3 Å². The van der Waals surface area contributed by atoms with Crippen molar-refractivity contribution in [2.24, 2.45) is 4.99 Å². The van der Waals surface area contributed by atoms with Gasteiger partial charge in [0, 0.05) is 43.7 Å². The van der Waals surface area contributed by atoms with E-state index in [9.17, 15) is 14.4 Å². The molecule has 2 aromatic heterocycles. The Morgan fingerprint density at radius 3 is 2.74 bits per heavy atom. The summed E-state index contributed by atoms with van der Waals surface area (Å²) in [5, 5.41) is 2.44. The Morgan fingerprint density at radius 2 is 1.92 bits per heavy atom. The summed E-state index contributed by atoms with van der Waals surface area (Å²) < 4.78 is 12.6.